The van der Waals surface area contributed by atoms with Crippen LogP contribution in [-0.4, -0.2) is 29.7 Å². The molecule has 0 atom stereocenters. The van der Waals surface area contributed by atoms with Gasteiger partial charge < -0.3 is 9.64 Å². The van der Waals surface area contributed by atoms with E-state index < -0.39 is 5.60 Å². The molecule has 0 aliphatic carbocycles. The minimum absolute atomic E-state index is 0.244. The highest BCUT2D eigenvalue weighted by atomic mass is 19.1. The second-order valence-corrected chi connectivity index (χ2v) is 5.69. The lowest BCUT2D eigenvalue weighted by molar-refractivity contribution is 0.0216. The lowest BCUT2D eigenvalue weighted by atomic mass is 10.0. The molecular formula is C17H24FNO2. The molecule has 0 radical (unpaired) electrons. The maximum atomic E-state index is 12.8. The topological polar surface area (TPSA) is 29.5 Å². The molecule has 0 unspecified atom stereocenters. The Bertz CT molecular complexity index is 493. The van der Waals surface area contributed by atoms with Crippen molar-refractivity contribution < 1.29 is 13.9 Å². The number of nitrogens with zero attached hydrogens (tertiary/aromatic N) is 1. The molecule has 116 valence electrons. The van der Waals surface area contributed by atoms with Crippen molar-refractivity contribution in [2.75, 3.05) is 13.1 Å². The smallest absolute Gasteiger partial charge is 0.410 e. The van der Waals surface area contributed by atoms with Crippen molar-refractivity contribution in [3.8, 4) is 0 Å². The summed E-state index contributed by atoms with van der Waals surface area (Å²) >= 11 is 0. The maximum absolute atomic E-state index is 12.8. The van der Waals surface area contributed by atoms with Crippen LogP contribution in [0.5, 0.6) is 0 Å². The number of carbonyl (C=O) groups excluding carboxylic acids is 1. The average molecular weight is 293 g/mol. The number of likely N-dealkylation sites (tertiary alicyclic amines) is 1. The fourth-order valence-corrected chi connectivity index (χ4v) is 1.79. The molecule has 4 heteroatoms. The Kier molecular flexibility index (Phi) is 5.94. The SMILES string of the molecule is CC.CC(C)(C)OC(=O)N1CC(=Cc2ccc(F)cc2)C1. The standard InChI is InChI=1S/C15H18FNO2.C2H6/c1-15(2,3)19-14(18)17-9-12(10-17)8-11-4-6-13(16)7-5-11;1-2/h4-8H,9-10H2,1-3H3;1-2H3. The number of hydrogen-bond acceptors (Lipinski definition) is 2. The van der Waals surface area contributed by atoms with Crippen LogP contribution in [0.25, 0.3) is 6.08 Å². The van der Waals surface area contributed by atoms with Crippen LogP contribution < -0.4 is 0 Å². The van der Waals surface area contributed by atoms with E-state index in [1.165, 1.54) is 12.1 Å². The summed E-state index contributed by atoms with van der Waals surface area (Å²) in [6, 6.07) is 6.30. The largest absolute Gasteiger partial charge is 0.444 e. The summed E-state index contributed by atoms with van der Waals surface area (Å²) < 4.78 is 18.0. The molecule has 1 saturated heterocycles. The maximum Gasteiger partial charge on any atom is 0.410 e. The van der Waals surface area contributed by atoms with E-state index in [4.69, 9.17) is 4.74 Å². The van der Waals surface area contributed by atoms with E-state index in [1.807, 2.05) is 40.7 Å². The fourth-order valence-electron chi connectivity index (χ4n) is 1.79. The molecule has 0 bridgehead atoms. The van der Waals surface area contributed by atoms with Crippen molar-refractivity contribution >= 4 is 12.2 Å². The first kappa shape index (κ1) is 17.2. The van der Waals surface area contributed by atoms with Gasteiger partial charge in [0.15, 0.2) is 0 Å². The molecule has 1 aromatic rings. The van der Waals surface area contributed by atoms with E-state index in [9.17, 15) is 9.18 Å². The second-order valence-electron chi connectivity index (χ2n) is 5.69. The van der Waals surface area contributed by atoms with Gasteiger partial charge in [-0.05, 0) is 44.0 Å². The number of halogens is 1. The number of ether oxygens (including phenoxy) is 1. The molecule has 1 aliphatic rings. The van der Waals surface area contributed by atoms with Crippen molar-refractivity contribution in [3.05, 3.63) is 41.2 Å². The molecule has 0 saturated carbocycles. The summed E-state index contributed by atoms with van der Waals surface area (Å²) in [4.78, 5) is 13.3. The second kappa shape index (κ2) is 7.25. The van der Waals surface area contributed by atoms with E-state index in [0.29, 0.717) is 13.1 Å². The number of hydrogen-bond donors (Lipinski definition) is 0. The van der Waals surface area contributed by atoms with Crippen LogP contribution in [0.3, 0.4) is 0 Å². The van der Waals surface area contributed by atoms with Gasteiger partial charge >= 0.3 is 6.09 Å². The third-order valence-electron chi connectivity index (χ3n) is 2.68. The normalized spacial score (nSPS) is 13.8. The van der Waals surface area contributed by atoms with E-state index in [0.717, 1.165) is 11.1 Å². The Hall–Kier alpha value is -1.84. The lowest BCUT2D eigenvalue weighted by Gasteiger charge is -2.35. The van der Waals surface area contributed by atoms with E-state index in [1.54, 1.807) is 17.0 Å². The minimum Gasteiger partial charge on any atom is -0.444 e. The Morgan fingerprint density at radius 3 is 2.19 bits per heavy atom. The van der Waals surface area contributed by atoms with Gasteiger partial charge in [0.05, 0.1) is 0 Å². The first-order valence-electron chi connectivity index (χ1n) is 7.26. The van der Waals surface area contributed by atoms with Crippen LogP contribution in [0, 0.1) is 5.82 Å². The lowest BCUT2D eigenvalue weighted by Crippen LogP contribution is -2.46. The van der Waals surface area contributed by atoms with Crippen LogP contribution in [0.1, 0.15) is 40.2 Å². The Balaban J connectivity index is 0.00000106. The Labute approximate surface area is 126 Å². The minimum atomic E-state index is -0.465. The third-order valence-corrected chi connectivity index (χ3v) is 2.68. The van der Waals surface area contributed by atoms with Gasteiger partial charge in [0, 0.05) is 13.1 Å². The molecule has 2 rings (SSSR count). The first-order valence-corrected chi connectivity index (χ1v) is 7.26. The van der Waals surface area contributed by atoms with Crippen LogP contribution in [-0.2, 0) is 4.74 Å². The quantitative estimate of drug-likeness (QED) is 0.763. The molecule has 3 nitrogen and oxygen atoms in total. The molecule has 1 aliphatic heterocycles. The van der Waals surface area contributed by atoms with Crippen LogP contribution in [0.15, 0.2) is 29.8 Å². The molecule has 21 heavy (non-hydrogen) atoms. The molecule has 0 N–H and O–H groups in total. The molecule has 0 spiro atoms. The van der Waals surface area contributed by atoms with Gasteiger partial charge in [-0.1, -0.05) is 32.1 Å². The Morgan fingerprint density at radius 2 is 1.71 bits per heavy atom. The highest BCUT2D eigenvalue weighted by molar-refractivity contribution is 5.72. The summed E-state index contributed by atoms with van der Waals surface area (Å²) in [5.41, 5.74) is 1.62. The van der Waals surface area contributed by atoms with Gasteiger partial charge in [-0.2, -0.15) is 0 Å². The van der Waals surface area contributed by atoms with Crippen molar-refractivity contribution in [2.45, 2.75) is 40.2 Å². The molecule has 1 fully saturated rings. The fraction of sp³-hybridized carbons (Fsp3) is 0.471. The summed E-state index contributed by atoms with van der Waals surface area (Å²) in [6.07, 6.45) is 1.68. The molecule has 1 amide bonds. The molecule has 1 aromatic carbocycles. The van der Waals surface area contributed by atoms with Crippen LogP contribution >= 0.6 is 0 Å². The molecular weight excluding hydrogens is 269 g/mol. The van der Waals surface area contributed by atoms with Crippen molar-refractivity contribution in [2.24, 2.45) is 0 Å². The average Bonchev–Trinajstić information content (AvgIpc) is 2.35. The van der Waals surface area contributed by atoms with Crippen molar-refractivity contribution in [3.63, 3.8) is 0 Å². The zero-order valence-electron chi connectivity index (χ0n) is 13.4. The van der Waals surface area contributed by atoms with Gasteiger partial charge in [-0.25, -0.2) is 9.18 Å². The monoisotopic (exact) mass is 293 g/mol. The van der Waals surface area contributed by atoms with Gasteiger partial charge in [0.2, 0.25) is 0 Å². The highest BCUT2D eigenvalue weighted by Crippen LogP contribution is 2.21. The third kappa shape index (κ3) is 5.58. The van der Waals surface area contributed by atoms with Gasteiger partial charge in [0.25, 0.3) is 0 Å². The predicted molar refractivity (Wildman–Crippen MR) is 83.5 cm³/mol. The van der Waals surface area contributed by atoms with Crippen molar-refractivity contribution in [1.82, 2.24) is 4.90 Å². The number of rotatable bonds is 1. The zero-order chi connectivity index (χ0) is 16.0. The van der Waals surface area contributed by atoms with Gasteiger partial charge in [0.1, 0.15) is 11.4 Å². The summed E-state index contributed by atoms with van der Waals surface area (Å²) in [7, 11) is 0. The number of benzene rings is 1. The number of carbonyl (C=O) groups is 1. The number of amides is 1. The van der Waals surface area contributed by atoms with E-state index in [2.05, 4.69) is 0 Å². The van der Waals surface area contributed by atoms with Crippen LogP contribution in [0.2, 0.25) is 0 Å². The first-order chi connectivity index (χ1) is 9.83. The predicted octanol–water partition coefficient (Wildman–Crippen LogP) is 4.49. The van der Waals surface area contributed by atoms with Crippen molar-refractivity contribution in [1.29, 1.82) is 0 Å². The van der Waals surface area contributed by atoms with Crippen LogP contribution in [0.4, 0.5) is 9.18 Å². The van der Waals surface area contributed by atoms with E-state index >= 15 is 0 Å². The highest BCUT2D eigenvalue weighted by Gasteiger charge is 2.29. The molecule has 1 heterocycles. The Morgan fingerprint density at radius 1 is 1.19 bits per heavy atom. The summed E-state index contributed by atoms with van der Waals surface area (Å²) in [5.74, 6) is -0.244. The van der Waals surface area contributed by atoms with Gasteiger partial charge in [-0.15, -0.1) is 0 Å². The summed E-state index contributed by atoms with van der Waals surface area (Å²) in [6.45, 7) is 10.7. The molecule has 0 aromatic heterocycles. The summed E-state index contributed by atoms with van der Waals surface area (Å²) in [5, 5.41) is 0. The zero-order valence-corrected chi connectivity index (χ0v) is 13.4. The van der Waals surface area contributed by atoms with E-state index in [-0.39, 0.29) is 11.9 Å². The van der Waals surface area contributed by atoms with Gasteiger partial charge in [-0.3, -0.25) is 0 Å².